The first-order valence-electron chi connectivity index (χ1n) is 18.8. The molecule has 0 aliphatic heterocycles. The number of furan rings is 1. The van der Waals surface area contributed by atoms with Crippen molar-refractivity contribution in [1.82, 2.24) is 19.5 Å². The third-order valence-corrected chi connectivity index (χ3v) is 10.7. The predicted octanol–water partition coefficient (Wildman–Crippen LogP) is 13.2. The van der Waals surface area contributed by atoms with E-state index in [0.29, 0.717) is 17.5 Å². The second kappa shape index (κ2) is 13.0. The van der Waals surface area contributed by atoms with Gasteiger partial charge in [0.2, 0.25) is 0 Å². The number of fused-ring (bicyclic) bond motifs is 6. The Labute approximate surface area is 322 Å². The largest absolute Gasteiger partial charge is 0.455 e. The number of benzene rings is 8. The normalized spacial score (nSPS) is 11.6. The number of rotatable bonds is 6. The van der Waals surface area contributed by atoms with Crippen molar-refractivity contribution in [3.05, 3.63) is 194 Å². The number of hydrogen-bond acceptors (Lipinski definition) is 4. The molecule has 11 aromatic rings. The fraction of sp³-hybridized carbons (Fsp3) is 0. The highest BCUT2D eigenvalue weighted by Crippen LogP contribution is 2.42. The van der Waals surface area contributed by atoms with Crippen LogP contribution in [0, 0.1) is 0 Å². The van der Waals surface area contributed by atoms with Gasteiger partial charge in [-0.15, -0.1) is 0 Å². The van der Waals surface area contributed by atoms with E-state index in [1.54, 1.807) is 0 Å². The summed E-state index contributed by atoms with van der Waals surface area (Å²) in [5.41, 5.74) is 12.3. The molecule has 0 radical (unpaired) electrons. The van der Waals surface area contributed by atoms with Crippen LogP contribution in [0.4, 0.5) is 0 Å². The van der Waals surface area contributed by atoms with Gasteiger partial charge in [-0.3, -0.25) is 0 Å². The Bertz CT molecular complexity index is 3180. The van der Waals surface area contributed by atoms with Crippen molar-refractivity contribution in [1.29, 1.82) is 0 Å². The third kappa shape index (κ3) is 5.29. The standard InChI is InChI=1S/C51H32N4O/c1-4-15-33(16-5-1)36-21-12-22-37(31-36)39-24-13-25-41-47-45(27-14-28-46(47)56-48(39)41)55-43-26-11-10-23-40(43)42-32-38(29-30-44(42)55)51-53-49(34-17-6-2-7-18-34)52-50(54-51)35-19-8-3-9-20-35/h1-32H. The maximum absolute atomic E-state index is 6.78. The molecule has 0 N–H and O–H groups in total. The van der Waals surface area contributed by atoms with Crippen molar-refractivity contribution in [2.75, 3.05) is 0 Å². The van der Waals surface area contributed by atoms with Crippen LogP contribution < -0.4 is 0 Å². The summed E-state index contributed by atoms with van der Waals surface area (Å²) in [4.78, 5) is 15.0. The maximum Gasteiger partial charge on any atom is 0.164 e. The zero-order valence-corrected chi connectivity index (χ0v) is 30.2. The van der Waals surface area contributed by atoms with Crippen LogP contribution in [0.15, 0.2) is 199 Å². The summed E-state index contributed by atoms with van der Waals surface area (Å²) in [6.07, 6.45) is 0. The molecule has 0 spiro atoms. The molecule has 3 heterocycles. The number of hydrogen-bond donors (Lipinski definition) is 0. The number of nitrogens with zero attached hydrogens (tertiary/aromatic N) is 4. The SMILES string of the molecule is c1ccc(-c2cccc(-c3cccc4c3oc3cccc(-n5c6ccccc6c6cc(-c7nc(-c8ccccc8)nc(-c8ccccc8)n7)ccc65)c34)c2)cc1. The molecule has 5 heteroatoms. The molecule has 0 aliphatic rings. The Hall–Kier alpha value is -7.63. The zero-order valence-electron chi connectivity index (χ0n) is 30.2. The molecule has 8 aromatic carbocycles. The minimum atomic E-state index is 0.628. The monoisotopic (exact) mass is 716 g/mol. The highest BCUT2D eigenvalue weighted by molar-refractivity contribution is 6.16. The minimum absolute atomic E-state index is 0.628. The van der Waals surface area contributed by atoms with E-state index in [0.717, 1.165) is 77.2 Å². The van der Waals surface area contributed by atoms with E-state index in [1.807, 2.05) is 60.7 Å². The molecule has 262 valence electrons. The topological polar surface area (TPSA) is 56.7 Å². The minimum Gasteiger partial charge on any atom is -0.455 e. The molecular weight excluding hydrogens is 685 g/mol. The maximum atomic E-state index is 6.78. The van der Waals surface area contributed by atoms with Crippen molar-refractivity contribution in [3.63, 3.8) is 0 Å². The zero-order chi connectivity index (χ0) is 37.0. The van der Waals surface area contributed by atoms with Gasteiger partial charge in [0.15, 0.2) is 17.5 Å². The van der Waals surface area contributed by atoms with Crippen LogP contribution in [0.1, 0.15) is 0 Å². The summed E-state index contributed by atoms with van der Waals surface area (Å²) in [5.74, 6) is 1.91. The fourth-order valence-corrected chi connectivity index (χ4v) is 8.05. The molecule has 11 rings (SSSR count). The van der Waals surface area contributed by atoms with E-state index in [9.17, 15) is 0 Å². The van der Waals surface area contributed by atoms with Crippen LogP contribution in [0.5, 0.6) is 0 Å². The van der Waals surface area contributed by atoms with Crippen LogP contribution in [-0.4, -0.2) is 19.5 Å². The lowest BCUT2D eigenvalue weighted by molar-refractivity contribution is 0.670. The van der Waals surface area contributed by atoms with Gasteiger partial charge in [-0.1, -0.05) is 152 Å². The number of para-hydroxylation sites is 2. The van der Waals surface area contributed by atoms with Gasteiger partial charge in [-0.25, -0.2) is 15.0 Å². The summed E-state index contributed by atoms with van der Waals surface area (Å²) < 4.78 is 9.15. The van der Waals surface area contributed by atoms with Gasteiger partial charge in [-0.2, -0.15) is 0 Å². The molecule has 0 amide bonds. The van der Waals surface area contributed by atoms with Gasteiger partial charge in [0, 0.05) is 38.4 Å². The summed E-state index contributed by atoms with van der Waals surface area (Å²) in [6, 6.07) is 67.4. The van der Waals surface area contributed by atoms with Crippen molar-refractivity contribution >= 4 is 43.7 Å². The molecule has 0 aliphatic carbocycles. The highest BCUT2D eigenvalue weighted by atomic mass is 16.3. The third-order valence-electron chi connectivity index (χ3n) is 10.7. The summed E-state index contributed by atoms with van der Waals surface area (Å²) >= 11 is 0. The average Bonchev–Trinajstić information content (AvgIpc) is 3.83. The molecule has 3 aromatic heterocycles. The van der Waals surface area contributed by atoms with E-state index in [-0.39, 0.29) is 0 Å². The van der Waals surface area contributed by atoms with E-state index >= 15 is 0 Å². The summed E-state index contributed by atoms with van der Waals surface area (Å²) in [7, 11) is 0. The molecular formula is C51H32N4O. The van der Waals surface area contributed by atoms with Crippen LogP contribution in [0.3, 0.4) is 0 Å². The molecule has 56 heavy (non-hydrogen) atoms. The van der Waals surface area contributed by atoms with Gasteiger partial charge < -0.3 is 8.98 Å². The molecule has 0 saturated heterocycles. The molecule has 0 unspecified atom stereocenters. The molecule has 0 saturated carbocycles. The average molecular weight is 717 g/mol. The molecule has 0 atom stereocenters. The Morgan fingerprint density at radius 2 is 0.911 bits per heavy atom. The van der Waals surface area contributed by atoms with E-state index in [1.165, 1.54) is 11.1 Å². The van der Waals surface area contributed by atoms with Gasteiger partial charge >= 0.3 is 0 Å². The fourth-order valence-electron chi connectivity index (χ4n) is 8.05. The molecule has 5 nitrogen and oxygen atoms in total. The first-order valence-corrected chi connectivity index (χ1v) is 18.8. The first kappa shape index (κ1) is 31.9. The van der Waals surface area contributed by atoms with Gasteiger partial charge in [-0.05, 0) is 59.2 Å². The van der Waals surface area contributed by atoms with Crippen molar-refractivity contribution in [3.8, 4) is 62.1 Å². The first-order chi connectivity index (χ1) is 27.8. The quantitative estimate of drug-likeness (QED) is 0.172. The van der Waals surface area contributed by atoms with Gasteiger partial charge in [0.1, 0.15) is 11.2 Å². The smallest absolute Gasteiger partial charge is 0.164 e. The number of aromatic nitrogens is 4. The van der Waals surface area contributed by atoms with Crippen LogP contribution in [0.2, 0.25) is 0 Å². The lowest BCUT2D eigenvalue weighted by Crippen LogP contribution is -2.00. The second-order valence-electron chi connectivity index (χ2n) is 14.0. The Kier molecular flexibility index (Phi) is 7.42. The lowest BCUT2D eigenvalue weighted by atomic mass is 9.97. The summed E-state index contributed by atoms with van der Waals surface area (Å²) in [6.45, 7) is 0. The molecule has 0 bridgehead atoms. The van der Waals surface area contributed by atoms with E-state index in [4.69, 9.17) is 19.4 Å². The Balaban J connectivity index is 1.09. The highest BCUT2D eigenvalue weighted by Gasteiger charge is 2.21. The van der Waals surface area contributed by atoms with Gasteiger partial charge in [0.25, 0.3) is 0 Å². The van der Waals surface area contributed by atoms with Crippen LogP contribution >= 0.6 is 0 Å². The Morgan fingerprint density at radius 3 is 1.64 bits per heavy atom. The van der Waals surface area contributed by atoms with E-state index in [2.05, 4.69) is 138 Å². The predicted molar refractivity (Wildman–Crippen MR) is 229 cm³/mol. The van der Waals surface area contributed by atoms with Gasteiger partial charge in [0.05, 0.1) is 22.1 Å². The van der Waals surface area contributed by atoms with Crippen LogP contribution in [0.25, 0.3) is 106 Å². The summed E-state index contributed by atoms with van der Waals surface area (Å²) in [5, 5.41) is 4.41. The lowest BCUT2D eigenvalue weighted by Gasteiger charge is -2.11. The van der Waals surface area contributed by atoms with E-state index < -0.39 is 0 Å². The van der Waals surface area contributed by atoms with Crippen molar-refractivity contribution < 1.29 is 4.42 Å². The van der Waals surface area contributed by atoms with Crippen LogP contribution in [-0.2, 0) is 0 Å². The molecule has 0 fully saturated rings. The van der Waals surface area contributed by atoms with Crippen molar-refractivity contribution in [2.24, 2.45) is 0 Å². The van der Waals surface area contributed by atoms with Crippen molar-refractivity contribution in [2.45, 2.75) is 0 Å². The Morgan fingerprint density at radius 1 is 0.357 bits per heavy atom. The second-order valence-corrected chi connectivity index (χ2v) is 14.0.